The molecule has 0 aliphatic heterocycles. The number of hydrogen-bond acceptors (Lipinski definition) is 3. The molecular formula is C19H16ClFN2OS. The highest BCUT2D eigenvalue weighted by molar-refractivity contribution is 7.16. The largest absolute Gasteiger partial charge is 0.302 e. The molecule has 1 aromatic heterocycles. The van der Waals surface area contributed by atoms with E-state index in [0.717, 1.165) is 21.7 Å². The van der Waals surface area contributed by atoms with E-state index in [9.17, 15) is 9.18 Å². The van der Waals surface area contributed by atoms with Gasteiger partial charge in [-0.05, 0) is 55.3 Å². The third kappa shape index (κ3) is 4.65. The number of aromatic nitrogens is 1. The van der Waals surface area contributed by atoms with Gasteiger partial charge < -0.3 is 5.32 Å². The van der Waals surface area contributed by atoms with Crippen molar-refractivity contribution < 1.29 is 9.18 Å². The van der Waals surface area contributed by atoms with Gasteiger partial charge in [0.2, 0.25) is 5.91 Å². The lowest BCUT2D eigenvalue weighted by atomic mass is 10.1. The molecule has 3 rings (SSSR count). The SMILES string of the molecule is Cc1sc(NC(=O)CCc2cccc(Cl)c2)nc1-c1ccc(F)cc1. The number of halogens is 2. The van der Waals surface area contributed by atoms with Gasteiger partial charge in [0.05, 0.1) is 5.69 Å². The Kier molecular flexibility index (Phi) is 5.46. The van der Waals surface area contributed by atoms with Crippen LogP contribution < -0.4 is 5.32 Å². The molecule has 0 aliphatic rings. The van der Waals surface area contributed by atoms with Gasteiger partial charge in [0.25, 0.3) is 0 Å². The van der Waals surface area contributed by atoms with Crippen LogP contribution in [0.15, 0.2) is 48.5 Å². The molecule has 0 aliphatic carbocycles. The zero-order valence-electron chi connectivity index (χ0n) is 13.6. The maximum atomic E-state index is 13.0. The maximum Gasteiger partial charge on any atom is 0.226 e. The fourth-order valence-electron chi connectivity index (χ4n) is 2.46. The van der Waals surface area contributed by atoms with Crippen LogP contribution in [0.4, 0.5) is 9.52 Å². The summed E-state index contributed by atoms with van der Waals surface area (Å²) < 4.78 is 13.0. The minimum Gasteiger partial charge on any atom is -0.302 e. The number of nitrogens with one attached hydrogen (secondary N) is 1. The van der Waals surface area contributed by atoms with Crippen molar-refractivity contribution in [3.05, 3.63) is 69.8 Å². The molecule has 0 bridgehead atoms. The topological polar surface area (TPSA) is 42.0 Å². The van der Waals surface area contributed by atoms with Crippen LogP contribution in [0.5, 0.6) is 0 Å². The van der Waals surface area contributed by atoms with Crippen molar-refractivity contribution in [1.82, 2.24) is 4.98 Å². The van der Waals surface area contributed by atoms with Crippen molar-refractivity contribution in [3.8, 4) is 11.3 Å². The molecule has 1 heterocycles. The summed E-state index contributed by atoms with van der Waals surface area (Å²) in [5, 5.41) is 4.04. The third-order valence-corrected chi connectivity index (χ3v) is 4.81. The summed E-state index contributed by atoms with van der Waals surface area (Å²) in [6.45, 7) is 1.93. The van der Waals surface area contributed by atoms with Gasteiger partial charge in [-0.3, -0.25) is 4.79 Å². The summed E-state index contributed by atoms with van der Waals surface area (Å²) in [5.74, 6) is -0.384. The van der Waals surface area contributed by atoms with Crippen molar-refractivity contribution in [2.24, 2.45) is 0 Å². The Morgan fingerprint density at radius 3 is 2.72 bits per heavy atom. The highest BCUT2D eigenvalue weighted by Gasteiger charge is 2.12. The zero-order valence-corrected chi connectivity index (χ0v) is 15.1. The van der Waals surface area contributed by atoms with E-state index in [4.69, 9.17) is 11.6 Å². The molecule has 0 spiro atoms. The fraction of sp³-hybridized carbons (Fsp3) is 0.158. The average molecular weight is 375 g/mol. The number of carbonyl (C=O) groups is 1. The van der Waals surface area contributed by atoms with Crippen LogP contribution in [-0.2, 0) is 11.2 Å². The minimum absolute atomic E-state index is 0.0978. The molecule has 3 nitrogen and oxygen atoms in total. The molecular weight excluding hydrogens is 359 g/mol. The molecule has 0 fully saturated rings. The Hall–Kier alpha value is -2.24. The van der Waals surface area contributed by atoms with Crippen LogP contribution in [0.1, 0.15) is 16.9 Å². The third-order valence-electron chi connectivity index (χ3n) is 3.69. The smallest absolute Gasteiger partial charge is 0.226 e. The first-order valence-electron chi connectivity index (χ1n) is 7.79. The van der Waals surface area contributed by atoms with E-state index in [1.54, 1.807) is 18.2 Å². The van der Waals surface area contributed by atoms with E-state index in [1.165, 1.54) is 23.5 Å². The average Bonchev–Trinajstić information content (AvgIpc) is 2.94. The number of hydrogen-bond donors (Lipinski definition) is 1. The Bertz CT molecular complexity index is 893. The maximum absolute atomic E-state index is 13.0. The Balaban J connectivity index is 1.64. The first-order chi connectivity index (χ1) is 12.0. The van der Waals surface area contributed by atoms with Gasteiger partial charge in [0, 0.05) is 21.9 Å². The lowest BCUT2D eigenvalue weighted by molar-refractivity contribution is -0.116. The van der Waals surface area contributed by atoms with Crippen molar-refractivity contribution >= 4 is 34.0 Å². The van der Waals surface area contributed by atoms with E-state index in [-0.39, 0.29) is 11.7 Å². The molecule has 0 radical (unpaired) electrons. The molecule has 25 heavy (non-hydrogen) atoms. The number of benzene rings is 2. The summed E-state index contributed by atoms with van der Waals surface area (Å²) in [4.78, 5) is 17.6. The summed E-state index contributed by atoms with van der Waals surface area (Å²) in [6.07, 6.45) is 0.965. The van der Waals surface area contributed by atoms with Crippen molar-refractivity contribution in [2.75, 3.05) is 5.32 Å². The van der Waals surface area contributed by atoms with Gasteiger partial charge in [-0.2, -0.15) is 0 Å². The van der Waals surface area contributed by atoms with Gasteiger partial charge in [0.15, 0.2) is 5.13 Å². The molecule has 0 unspecified atom stereocenters. The summed E-state index contributed by atoms with van der Waals surface area (Å²) in [6, 6.07) is 13.6. The van der Waals surface area contributed by atoms with Gasteiger partial charge in [-0.1, -0.05) is 23.7 Å². The van der Waals surface area contributed by atoms with Crippen LogP contribution >= 0.6 is 22.9 Å². The first kappa shape index (κ1) is 17.6. The van der Waals surface area contributed by atoms with E-state index in [2.05, 4.69) is 10.3 Å². The number of aryl methyl sites for hydroxylation is 2. The molecule has 2 aromatic carbocycles. The number of nitrogens with zero attached hydrogens (tertiary/aromatic N) is 1. The van der Waals surface area contributed by atoms with Crippen LogP contribution in [0, 0.1) is 12.7 Å². The summed E-state index contributed by atoms with van der Waals surface area (Å²) in [7, 11) is 0. The number of thiazole rings is 1. The molecule has 1 N–H and O–H groups in total. The van der Waals surface area contributed by atoms with Gasteiger partial charge >= 0.3 is 0 Å². The quantitative estimate of drug-likeness (QED) is 0.642. The van der Waals surface area contributed by atoms with E-state index in [0.29, 0.717) is 23.0 Å². The molecule has 0 atom stereocenters. The molecule has 3 aromatic rings. The number of amides is 1. The number of carbonyl (C=O) groups excluding carboxylic acids is 1. The van der Waals surface area contributed by atoms with Crippen LogP contribution in [0.25, 0.3) is 11.3 Å². The summed E-state index contributed by atoms with van der Waals surface area (Å²) in [5.41, 5.74) is 2.61. The molecule has 0 saturated carbocycles. The molecule has 6 heteroatoms. The monoisotopic (exact) mass is 374 g/mol. The molecule has 0 saturated heterocycles. The molecule has 1 amide bonds. The second-order valence-electron chi connectivity index (χ2n) is 5.61. The predicted molar refractivity (Wildman–Crippen MR) is 101 cm³/mol. The Morgan fingerprint density at radius 2 is 2.00 bits per heavy atom. The minimum atomic E-state index is -0.286. The highest BCUT2D eigenvalue weighted by atomic mass is 35.5. The Labute approximate surface area is 154 Å². The zero-order chi connectivity index (χ0) is 17.8. The highest BCUT2D eigenvalue weighted by Crippen LogP contribution is 2.30. The predicted octanol–water partition coefficient (Wildman–Crippen LogP) is 5.48. The normalized spacial score (nSPS) is 10.7. The Morgan fingerprint density at radius 1 is 1.24 bits per heavy atom. The van der Waals surface area contributed by atoms with Crippen molar-refractivity contribution in [1.29, 1.82) is 0 Å². The standard InChI is InChI=1S/C19H16ClFN2OS/c1-12-18(14-6-8-16(21)9-7-14)23-19(25-12)22-17(24)10-5-13-3-2-4-15(20)11-13/h2-4,6-9,11H,5,10H2,1H3,(H,22,23,24). The summed E-state index contributed by atoms with van der Waals surface area (Å²) >= 11 is 7.35. The fourth-order valence-corrected chi connectivity index (χ4v) is 3.52. The van der Waals surface area contributed by atoms with E-state index < -0.39 is 0 Å². The second-order valence-corrected chi connectivity index (χ2v) is 7.25. The van der Waals surface area contributed by atoms with Crippen molar-refractivity contribution in [2.45, 2.75) is 19.8 Å². The lowest BCUT2D eigenvalue weighted by Crippen LogP contribution is -2.12. The van der Waals surface area contributed by atoms with Gasteiger partial charge in [-0.25, -0.2) is 9.37 Å². The van der Waals surface area contributed by atoms with Gasteiger partial charge in [-0.15, -0.1) is 11.3 Å². The number of rotatable bonds is 5. The first-order valence-corrected chi connectivity index (χ1v) is 8.98. The van der Waals surface area contributed by atoms with Crippen molar-refractivity contribution in [3.63, 3.8) is 0 Å². The van der Waals surface area contributed by atoms with Crippen LogP contribution in [-0.4, -0.2) is 10.9 Å². The molecule has 128 valence electrons. The lowest BCUT2D eigenvalue weighted by Gasteiger charge is -2.03. The van der Waals surface area contributed by atoms with E-state index >= 15 is 0 Å². The van der Waals surface area contributed by atoms with Gasteiger partial charge in [0.1, 0.15) is 5.82 Å². The number of anilines is 1. The van der Waals surface area contributed by atoms with E-state index in [1.807, 2.05) is 25.1 Å². The van der Waals surface area contributed by atoms with Crippen LogP contribution in [0.3, 0.4) is 0 Å². The van der Waals surface area contributed by atoms with Crippen LogP contribution in [0.2, 0.25) is 5.02 Å². The second kappa shape index (κ2) is 7.76.